The summed E-state index contributed by atoms with van der Waals surface area (Å²) in [6.45, 7) is 7.57. The van der Waals surface area contributed by atoms with E-state index in [0.717, 1.165) is 25.0 Å². The first-order chi connectivity index (χ1) is 17.2. The van der Waals surface area contributed by atoms with Crippen molar-refractivity contribution < 1.29 is 17.6 Å². The van der Waals surface area contributed by atoms with Gasteiger partial charge in [-0.3, -0.25) is 9.48 Å². The molecule has 2 N–H and O–H groups in total. The molecule has 1 amide bonds. The number of nitrogens with two attached hydrogens (primary N) is 1. The molecular formula is C26H34FN5O3S. The first-order valence-electron chi connectivity index (χ1n) is 12.5. The number of sulfonamides is 1. The Bertz CT molecular complexity index is 1330. The van der Waals surface area contributed by atoms with E-state index in [1.165, 1.54) is 12.1 Å². The zero-order valence-electron chi connectivity index (χ0n) is 20.9. The zero-order chi connectivity index (χ0) is 25.9. The molecule has 0 spiro atoms. The van der Waals surface area contributed by atoms with Crippen molar-refractivity contribution in [2.45, 2.75) is 39.2 Å². The molecule has 0 bridgehead atoms. The topological polar surface area (TPSA) is 102 Å². The molecule has 2 heterocycles. The van der Waals surface area contributed by atoms with Gasteiger partial charge in [-0.05, 0) is 74.3 Å². The highest BCUT2D eigenvalue weighted by molar-refractivity contribution is 7.89. The number of benzene rings is 2. The second-order valence-electron chi connectivity index (χ2n) is 9.25. The molecule has 1 saturated heterocycles. The molecule has 2 aromatic carbocycles. The molecule has 0 radical (unpaired) electrons. The van der Waals surface area contributed by atoms with Crippen LogP contribution >= 0.6 is 0 Å². The SMILES string of the molecule is CCN(CC)CCCS(=O)(=O)N1CCC(n2ncc3cc(-c4cccc(F)c4)cc(C(N)=O)c32)CC1. The summed E-state index contributed by atoms with van der Waals surface area (Å²) in [7, 11) is -3.32. The smallest absolute Gasteiger partial charge is 0.250 e. The fraction of sp³-hybridized carbons (Fsp3) is 0.462. The number of hydrogen-bond donors (Lipinski definition) is 1. The molecule has 0 saturated carbocycles. The third kappa shape index (κ3) is 5.61. The lowest BCUT2D eigenvalue weighted by Crippen LogP contribution is -2.41. The Kier molecular flexibility index (Phi) is 8.07. The van der Waals surface area contributed by atoms with Crippen molar-refractivity contribution in [2.75, 3.05) is 38.5 Å². The number of fused-ring (bicyclic) bond motifs is 1. The summed E-state index contributed by atoms with van der Waals surface area (Å²) in [5.41, 5.74) is 8.01. The van der Waals surface area contributed by atoms with Crippen molar-refractivity contribution in [2.24, 2.45) is 5.73 Å². The Morgan fingerprint density at radius 2 is 1.86 bits per heavy atom. The maximum atomic E-state index is 13.8. The van der Waals surface area contributed by atoms with Gasteiger partial charge in [0.15, 0.2) is 0 Å². The van der Waals surface area contributed by atoms with E-state index in [-0.39, 0.29) is 17.6 Å². The van der Waals surface area contributed by atoms with Crippen LogP contribution in [0.3, 0.4) is 0 Å². The van der Waals surface area contributed by atoms with Crippen molar-refractivity contribution in [3.8, 4) is 11.1 Å². The van der Waals surface area contributed by atoms with Gasteiger partial charge in [0.05, 0.1) is 29.1 Å². The van der Waals surface area contributed by atoms with E-state index in [2.05, 4.69) is 23.8 Å². The lowest BCUT2D eigenvalue weighted by atomic mass is 9.99. The maximum absolute atomic E-state index is 13.8. The molecule has 1 aliphatic heterocycles. The predicted molar refractivity (Wildman–Crippen MR) is 140 cm³/mol. The molecule has 1 fully saturated rings. The number of rotatable bonds is 10. The van der Waals surface area contributed by atoms with Crippen LogP contribution in [-0.4, -0.2) is 71.8 Å². The van der Waals surface area contributed by atoms with Gasteiger partial charge in [-0.2, -0.15) is 5.10 Å². The van der Waals surface area contributed by atoms with Gasteiger partial charge in [0.25, 0.3) is 5.91 Å². The van der Waals surface area contributed by atoms with Gasteiger partial charge in [-0.15, -0.1) is 0 Å². The van der Waals surface area contributed by atoms with E-state index in [1.807, 2.05) is 6.07 Å². The Labute approximate surface area is 211 Å². The molecule has 1 aromatic heterocycles. The summed E-state index contributed by atoms with van der Waals surface area (Å²) in [5, 5.41) is 5.28. The Hall–Kier alpha value is -2.82. The summed E-state index contributed by atoms with van der Waals surface area (Å²) in [5.74, 6) is -0.806. The molecule has 4 rings (SSSR count). The number of amides is 1. The fourth-order valence-corrected chi connectivity index (χ4v) is 6.52. The number of nitrogens with zero attached hydrogens (tertiary/aromatic N) is 4. The van der Waals surface area contributed by atoms with Crippen LogP contribution in [0.2, 0.25) is 0 Å². The molecular weight excluding hydrogens is 481 g/mol. The lowest BCUT2D eigenvalue weighted by molar-refractivity contribution is 0.100. The van der Waals surface area contributed by atoms with E-state index in [9.17, 15) is 17.6 Å². The van der Waals surface area contributed by atoms with Gasteiger partial charge in [0.2, 0.25) is 10.0 Å². The van der Waals surface area contributed by atoms with E-state index in [4.69, 9.17) is 5.73 Å². The van der Waals surface area contributed by atoms with Crippen LogP contribution in [0.4, 0.5) is 4.39 Å². The van der Waals surface area contributed by atoms with Crippen LogP contribution in [0.15, 0.2) is 42.6 Å². The van der Waals surface area contributed by atoms with Gasteiger partial charge >= 0.3 is 0 Å². The highest BCUT2D eigenvalue weighted by Crippen LogP contribution is 2.32. The number of aromatic nitrogens is 2. The van der Waals surface area contributed by atoms with Gasteiger partial charge in [-0.25, -0.2) is 17.1 Å². The van der Waals surface area contributed by atoms with E-state index >= 15 is 0 Å². The minimum Gasteiger partial charge on any atom is -0.366 e. The minimum absolute atomic E-state index is 0.0530. The number of hydrogen-bond acceptors (Lipinski definition) is 5. The van der Waals surface area contributed by atoms with E-state index < -0.39 is 15.9 Å². The lowest BCUT2D eigenvalue weighted by Gasteiger charge is -2.32. The summed E-state index contributed by atoms with van der Waals surface area (Å²) < 4.78 is 42.9. The molecule has 3 aromatic rings. The van der Waals surface area contributed by atoms with Gasteiger partial charge < -0.3 is 10.6 Å². The number of piperidine rings is 1. The monoisotopic (exact) mass is 515 g/mol. The molecule has 1 aliphatic rings. The average molecular weight is 516 g/mol. The predicted octanol–water partition coefficient (Wildman–Crippen LogP) is 3.64. The highest BCUT2D eigenvalue weighted by Gasteiger charge is 2.30. The maximum Gasteiger partial charge on any atom is 0.250 e. The largest absolute Gasteiger partial charge is 0.366 e. The number of carbonyl (C=O) groups excluding carboxylic acids is 1. The van der Waals surface area contributed by atoms with Gasteiger partial charge in [-0.1, -0.05) is 26.0 Å². The molecule has 0 unspecified atom stereocenters. The van der Waals surface area contributed by atoms with Crippen LogP contribution in [0.1, 0.15) is 49.5 Å². The molecule has 10 heteroatoms. The Morgan fingerprint density at radius 3 is 2.50 bits per heavy atom. The van der Waals surface area contributed by atoms with Crippen LogP contribution in [-0.2, 0) is 10.0 Å². The zero-order valence-corrected chi connectivity index (χ0v) is 21.7. The van der Waals surface area contributed by atoms with Gasteiger partial charge in [0, 0.05) is 18.5 Å². The highest BCUT2D eigenvalue weighted by atomic mass is 32.2. The summed E-state index contributed by atoms with van der Waals surface area (Å²) in [6.07, 6.45) is 3.48. The van der Waals surface area contributed by atoms with Crippen molar-refractivity contribution in [3.63, 3.8) is 0 Å². The first kappa shape index (κ1) is 26.2. The van der Waals surface area contributed by atoms with Crippen molar-refractivity contribution in [1.82, 2.24) is 19.0 Å². The number of carbonyl (C=O) groups is 1. The minimum atomic E-state index is -3.32. The summed E-state index contributed by atoms with van der Waals surface area (Å²) >= 11 is 0. The summed E-state index contributed by atoms with van der Waals surface area (Å²) in [6, 6.07) is 9.66. The fourth-order valence-electron chi connectivity index (χ4n) is 5.00. The number of halogens is 1. The molecule has 194 valence electrons. The second-order valence-corrected chi connectivity index (χ2v) is 11.3. The average Bonchev–Trinajstić information content (AvgIpc) is 3.30. The Morgan fingerprint density at radius 1 is 1.14 bits per heavy atom. The standard InChI is InChI=1S/C26H34FN5O3S/c1-3-30(4-2)11-6-14-36(34,35)31-12-9-23(10-13-31)32-25-21(18-29-32)15-20(17-24(25)26(28)33)19-7-5-8-22(27)16-19/h5,7-8,15-18,23H,3-4,6,9-14H2,1-2H3,(H2,28,33). The molecule has 0 atom stereocenters. The van der Waals surface area contributed by atoms with Crippen LogP contribution < -0.4 is 5.73 Å². The van der Waals surface area contributed by atoms with Gasteiger partial charge in [0.1, 0.15) is 5.82 Å². The third-order valence-electron chi connectivity index (χ3n) is 7.05. The quantitative estimate of drug-likeness (QED) is 0.444. The van der Waals surface area contributed by atoms with Crippen molar-refractivity contribution >= 4 is 26.8 Å². The van der Waals surface area contributed by atoms with Crippen LogP contribution in [0.25, 0.3) is 22.0 Å². The molecule has 0 aliphatic carbocycles. The summed E-state index contributed by atoms with van der Waals surface area (Å²) in [4.78, 5) is 14.6. The molecule has 8 nitrogen and oxygen atoms in total. The first-order valence-corrected chi connectivity index (χ1v) is 14.1. The van der Waals surface area contributed by atoms with Crippen LogP contribution in [0.5, 0.6) is 0 Å². The molecule has 36 heavy (non-hydrogen) atoms. The normalized spacial score (nSPS) is 15.7. The number of primary amides is 1. The third-order valence-corrected chi connectivity index (χ3v) is 9.00. The van der Waals surface area contributed by atoms with E-state index in [1.54, 1.807) is 33.4 Å². The second kappa shape index (κ2) is 11.1. The van der Waals surface area contributed by atoms with E-state index in [0.29, 0.717) is 54.6 Å². The Balaban J connectivity index is 1.51. The van der Waals surface area contributed by atoms with Crippen molar-refractivity contribution in [1.29, 1.82) is 0 Å². The van der Waals surface area contributed by atoms with Crippen LogP contribution in [0, 0.1) is 5.82 Å². The van der Waals surface area contributed by atoms with Crippen molar-refractivity contribution in [3.05, 3.63) is 54.0 Å².